The van der Waals surface area contributed by atoms with Gasteiger partial charge in [0.1, 0.15) is 11.7 Å². The summed E-state index contributed by atoms with van der Waals surface area (Å²) in [4.78, 5) is 35.0. The fourth-order valence-electron chi connectivity index (χ4n) is 4.61. The third-order valence-electron chi connectivity index (χ3n) is 6.47. The van der Waals surface area contributed by atoms with Crippen LogP contribution >= 0.6 is 0 Å². The summed E-state index contributed by atoms with van der Waals surface area (Å²) in [6.45, 7) is 1.93. The molecule has 0 bridgehead atoms. The minimum Gasteiger partial charge on any atom is -0.389 e. The predicted molar refractivity (Wildman–Crippen MR) is 123 cm³/mol. The van der Waals surface area contributed by atoms with Crippen molar-refractivity contribution < 1.29 is 41.0 Å². The van der Waals surface area contributed by atoms with E-state index >= 15 is 0 Å². The Morgan fingerprint density at radius 1 is 1.10 bits per heavy atom. The fraction of sp³-hybridized carbons (Fsp3) is 0.591. The van der Waals surface area contributed by atoms with Crippen molar-refractivity contribution in [2.75, 3.05) is 36.5 Å². The number of alkyl halides is 6. The van der Waals surface area contributed by atoms with Crippen molar-refractivity contribution in [3.05, 3.63) is 40.1 Å². The summed E-state index contributed by atoms with van der Waals surface area (Å²) < 4.78 is 83.6. The lowest BCUT2D eigenvalue weighted by molar-refractivity contribution is -0.141. The van der Waals surface area contributed by atoms with Gasteiger partial charge < -0.3 is 25.0 Å². The number of anilines is 2. The molecule has 3 N–H and O–H groups in total. The van der Waals surface area contributed by atoms with E-state index in [1.807, 2.05) is 0 Å². The molecular weight excluding hydrogens is 540 g/mol. The number of hydrogen-bond donors (Lipinski definition) is 3. The molecule has 4 atom stereocenters. The van der Waals surface area contributed by atoms with Crippen LogP contribution in [0, 0.1) is 0 Å². The van der Waals surface area contributed by atoms with Crippen molar-refractivity contribution in [1.29, 1.82) is 0 Å². The minimum atomic E-state index is -4.91. The normalized spacial score (nSPS) is 23.3. The van der Waals surface area contributed by atoms with E-state index in [-0.39, 0.29) is 38.1 Å². The molecule has 17 heteroatoms. The summed E-state index contributed by atoms with van der Waals surface area (Å²) in [6.07, 6.45) is -8.62. The number of nitrogens with zero attached hydrogens (tertiary/aromatic N) is 5. The zero-order chi connectivity index (χ0) is 28.5. The number of amides is 1. The number of aromatic nitrogens is 4. The van der Waals surface area contributed by atoms with Gasteiger partial charge in [-0.25, -0.2) is 15.1 Å². The molecule has 2 aliphatic heterocycles. The molecule has 1 amide bonds. The molecular formula is C22H25F6N7O4. The van der Waals surface area contributed by atoms with Crippen LogP contribution < -0.4 is 15.8 Å². The van der Waals surface area contributed by atoms with Crippen LogP contribution in [-0.4, -0.2) is 86.6 Å². The number of aromatic amines is 1. The number of aliphatic hydroxyl groups excluding tert-OH is 1. The summed E-state index contributed by atoms with van der Waals surface area (Å²) in [5.41, 5.74) is -4.32. The number of aliphatic hydroxyl groups is 1. The number of likely N-dealkylation sites (tertiary alicyclic amines) is 1. The van der Waals surface area contributed by atoms with Crippen molar-refractivity contribution in [2.45, 2.75) is 56.4 Å². The lowest BCUT2D eigenvalue weighted by Gasteiger charge is -2.40. The Kier molecular flexibility index (Phi) is 8.02. The molecule has 39 heavy (non-hydrogen) atoms. The molecule has 214 valence electrons. The molecule has 4 heterocycles. The maximum atomic E-state index is 13.2. The standard InChI is InChI=1S/C22H25F6N7O4/c1-11(32-13-8-31-33-18(37)17(13)22(26,27)28)10-39-16-3-5-35(19(16)38)14-2-4-34(9-15(14)36)20-29-6-12(7-30-20)21(23,24)25/h6-8,11,14-16,36H,2-5,9-10H2,1H3,(H2,32,33,37)/t11?,14-,15+,16+/m0/s1. The number of β-amino-alcohol motifs (C(OH)–C–C–N with tert-alkyl or cyclic N) is 1. The first-order chi connectivity index (χ1) is 18.3. The van der Waals surface area contributed by atoms with E-state index in [0.717, 1.165) is 6.20 Å². The van der Waals surface area contributed by atoms with Gasteiger partial charge in [-0.15, -0.1) is 0 Å². The van der Waals surface area contributed by atoms with Crippen molar-refractivity contribution in [3.8, 4) is 0 Å². The Hall–Kier alpha value is -3.47. The quantitative estimate of drug-likeness (QED) is 0.428. The summed E-state index contributed by atoms with van der Waals surface area (Å²) in [5.74, 6) is -0.362. The summed E-state index contributed by atoms with van der Waals surface area (Å²) in [6, 6.07) is -1.28. The Balaban J connectivity index is 1.30. The van der Waals surface area contributed by atoms with Crippen LogP contribution in [0.1, 0.15) is 30.9 Å². The molecule has 0 saturated carbocycles. The molecule has 0 aliphatic carbocycles. The van der Waals surface area contributed by atoms with Crippen molar-refractivity contribution in [2.24, 2.45) is 0 Å². The van der Waals surface area contributed by atoms with Gasteiger partial charge in [0.2, 0.25) is 5.95 Å². The Morgan fingerprint density at radius 2 is 1.79 bits per heavy atom. The number of hydrogen-bond acceptors (Lipinski definition) is 9. The van der Waals surface area contributed by atoms with E-state index in [1.165, 1.54) is 16.7 Å². The number of ether oxygens (including phenoxy) is 1. The van der Waals surface area contributed by atoms with Gasteiger partial charge in [0.25, 0.3) is 11.5 Å². The molecule has 2 saturated heterocycles. The largest absolute Gasteiger partial charge is 0.423 e. The van der Waals surface area contributed by atoms with Gasteiger partial charge in [0.15, 0.2) is 0 Å². The minimum absolute atomic E-state index is 0.00191. The summed E-state index contributed by atoms with van der Waals surface area (Å²) in [5, 5.41) is 18.4. The Bertz CT molecular complexity index is 1220. The number of H-pyrrole nitrogens is 1. The molecule has 11 nitrogen and oxygen atoms in total. The van der Waals surface area contributed by atoms with Gasteiger partial charge in [-0.2, -0.15) is 31.4 Å². The molecule has 2 fully saturated rings. The number of carbonyl (C=O) groups is 1. The highest BCUT2D eigenvalue weighted by Crippen LogP contribution is 2.32. The number of rotatable bonds is 7. The predicted octanol–water partition coefficient (Wildman–Crippen LogP) is 1.66. The smallest absolute Gasteiger partial charge is 0.389 e. The molecule has 0 radical (unpaired) electrons. The first-order valence-corrected chi connectivity index (χ1v) is 11.9. The van der Waals surface area contributed by atoms with Crippen LogP contribution in [0.3, 0.4) is 0 Å². The third kappa shape index (κ3) is 6.41. The van der Waals surface area contributed by atoms with Gasteiger partial charge in [-0.3, -0.25) is 9.59 Å². The first-order valence-electron chi connectivity index (χ1n) is 11.9. The fourth-order valence-corrected chi connectivity index (χ4v) is 4.61. The van der Waals surface area contributed by atoms with Crippen molar-refractivity contribution >= 4 is 17.5 Å². The van der Waals surface area contributed by atoms with Crippen LogP contribution in [0.5, 0.6) is 0 Å². The Labute approximate surface area is 217 Å². The monoisotopic (exact) mass is 565 g/mol. The van der Waals surface area contributed by atoms with E-state index in [2.05, 4.69) is 20.4 Å². The zero-order valence-electron chi connectivity index (χ0n) is 20.5. The topological polar surface area (TPSA) is 137 Å². The Morgan fingerprint density at radius 3 is 2.41 bits per heavy atom. The third-order valence-corrected chi connectivity index (χ3v) is 6.47. The van der Waals surface area contributed by atoms with Crippen LogP contribution in [-0.2, 0) is 21.9 Å². The van der Waals surface area contributed by atoms with Crippen LogP contribution in [0.25, 0.3) is 0 Å². The molecule has 2 aromatic heterocycles. The van der Waals surface area contributed by atoms with E-state index < -0.39 is 59.0 Å². The van der Waals surface area contributed by atoms with Gasteiger partial charge >= 0.3 is 12.4 Å². The highest BCUT2D eigenvalue weighted by Gasteiger charge is 2.42. The highest BCUT2D eigenvalue weighted by atomic mass is 19.4. The average molecular weight is 565 g/mol. The van der Waals surface area contributed by atoms with Gasteiger partial charge in [0.05, 0.1) is 36.2 Å². The molecule has 4 rings (SSSR count). The zero-order valence-corrected chi connectivity index (χ0v) is 20.5. The molecule has 2 aliphatic rings. The van der Waals surface area contributed by atoms with Crippen LogP contribution in [0.15, 0.2) is 23.4 Å². The first kappa shape index (κ1) is 28.5. The lowest BCUT2D eigenvalue weighted by Crippen LogP contribution is -2.55. The van der Waals surface area contributed by atoms with E-state index in [0.29, 0.717) is 25.2 Å². The molecule has 0 spiro atoms. The molecule has 0 aromatic carbocycles. The second kappa shape index (κ2) is 11.0. The second-order valence-electron chi connectivity index (χ2n) is 9.31. The highest BCUT2D eigenvalue weighted by molar-refractivity contribution is 5.83. The maximum Gasteiger partial charge on any atom is 0.423 e. The van der Waals surface area contributed by atoms with E-state index in [4.69, 9.17) is 4.74 Å². The van der Waals surface area contributed by atoms with Gasteiger partial charge in [-0.1, -0.05) is 0 Å². The van der Waals surface area contributed by atoms with Crippen LogP contribution in [0.4, 0.5) is 38.0 Å². The molecule has 2 aromatic rings. The van der Waals surface area contributed by atoms with Gasteiger partial charge in [0, 0.05) is 44.5 Å². The average Bonchev–Trinajstić information content (AvgIpc) is 3.21. The maximum absolute atomic E-state index is 13.2. The van der Waals surface area contributed by atoms with E-state index in [9.17, 15) is 41.0 Å². The van der Waals surface area contributed by atoms with Gasteiger partial charge in [-0.05, 0) is 13.3 Å². The summed E-state index contributed by atoms with van der Waals surface area (Å²) >= 11 is 0. The number of piperidine rings is 1. The SMILES string of the molecule is CC(CO[C@@H]1CCN([C@H]2CCN(c3ncc(C(F)(F)F)cn3)C[C@H]2O)C1=O)Nc1cn[nH]c(=O)c1C(F)(F)F. The summed E-state index contributed by atoms with van der Waals surface area (Å²) in [7, 11) is 0. The van der Waals surface area contributed by atoms with E-state index in [1.54, 1.807) is 5.10 Å². The molecule has 1 unspecified atom stereocenters. The number of halogens is 6. The number of nitrogens with one attached hydrogen (secondary N) is 2. The van der Waals surface area contributed by atoms with Crippen molar-refractivity contribution in [1.82, 2.24) is 25.1 Å². The second-order valence-corrected chi connectivity index (χ2v) is 9.31. The van der Waals surface area contributed by atoms with Crippen LogP contribution in [0.2, 0.25) is 0 Å². The van der Waals surface area contributed by atoms with Crippen molar-refractivity contribution in [3.63, 3.8) is 0 Å². The number of carbonyl (C=O) groups excluding carboxylic acids is 1. The lowest BCUT2D eigenvalue weighted by atomic mass is 10.0.